The number of nitrogens with zero attached hydrogens (tertiary/aromatic N) is 2. The molecule has 2 heterocycles. The van der Waals surface area contributed by atoms with Gasteiger partial charge in [-0.25, -0.2) is 4.39 Å². The molecule has 0 aliphatic carbocycles. The third kappa shape index (κ3) is 5.79. The molecule has 0 radical (unpaired) electrons. The first kappa shape index (κ1) is 26.7. The van der Waals surface area contributed by atoms with Crippen LogP contribution in [-0.2, 0) is 6.18 Å². The topological polar surface area (TPSA) is 135 Å². The Balaban J connectivity index is 1.53. The van der Waals surface area contributed by atoms with Crippen molar-refractivity contribution >= 4 is 34.7 Å². The number of amides is 1. The average Bonchev–Trinajstić information content (AvgIpc) is 2.88. The number of rotatable bonds is 4. The molecule has 0 atom stereocenters. The molecule has 0 aromatic heterocycles. The van der Waals surface area contributed by atoms with Gasteiger partial charge in [0.1, 0.15) is 5.82 Å². The Kier molecular flexibility index (Phi) is 7.42. The van der Waals surface area contributed by atoms with E-state index in [2.05, 4.69) is 5.32 Å². The third-order valence-corrected chi connectivity index (χ3v) is 6.61. The molecule has 0 spiro atoms. The van der Waals surface area contributed by atoms with E-state index in [-0.39, 0.29) is 41.7 Å². The molecule has 0 fully saturated rings. The molecular weight excluding hydrogens is 502 g/mol. The molecule has 7 N–H and O–H groups in total. The van der Waals surface area contributed by atoms with Crippen LogP contribution in [0.1, 0.15) is 39.9 Å². The first-order valence-corrected chi connectivity index (χ1v) is 11.8. The average molecular weight is 530 g/mol. The van der Waals surface area contributed by atoms with Gasteiger partial charge in [-0.1, -0.05) is 18.2 Å². The molecule has 2 aliphatic rings. The molecule has 38 heavy (non-hydrogen) atoms. The van der Waals surface area contributed by atoms with Crippen LogP contribution in [0.15, 0.2) is 48.6 Å². The molecule has 4 rings (SSSR count). The van der Waals surface area contributed by atoms with Crippen molar-refractivity contribution in [2.75, 3.05) is 31.5 Å². The van der Waals surface area contributed by atoms with Crippen LogP contribution < -0.4 is 16.8 Å². The van der Waals surface area contributed by atoms with E-state index in [0.29, 0.717) is 37.2 Å². The number of benzene rings is 2. The number of carbonyl (C=O) groups is 1. The third-order valence-electron chi connectivity index (χ3n) is 6.61. The Bertz CT molecular complexity index is 1350. The minimum Gasteiger partial charge on any atom is -0.370 e. The zero-order chi connectivity index (χ0) is 27.6. The quantitative estimate of drug-likeness (QED) is 0.231. The van der Waals surface area contributed by atoms with Crippen LogP contribution >= 0.6 is 0 Å². The van der Waals surface area contributed by atoms with Crippen LogP contribution in [0.5, 0.6) is 0 Å². The normalized spacial score (nSPS) is 16.0. The van der Waals surface area contributed by atoms with E-state index in [9.17, 15) is 22.4 Å². The highest BCUT2D eigenvalue weighted by Gasteiger charge is 2.35. The maximum Gasteiger partial charge on any atom is 0.417 e. The van der Waals surface area contributed by atoms with Gasteiger partial charge in [-0.15, -0.1) is 0 Å². The van der Waals surface area contributed by atoms with E-state index in [0.717, 1.165) is 17.7 Å². The number of carbonyl (C=O) groups excluding carboxylic acids is 1. The summed E-state index contributed by atoms with van der Waals surface area (Å²) in [5.74, 6) is -1.59. The van der Waals surface area contributed by atoms with E-state index in [1.807, 2.05) is 0 Å². The lowest BCUT2D eigenvalue weighted by atomic mass is 9.93. The minimum atomic E-state index is -4.70. The standard InChI is InChI=1S/C26H27F4N7O/c27-22-14-18(2-4-20(22)16-7-11-37(12-8-16)25(33)34)35-23(38)17-1-3-19(21(13-17)26(28,29)30)15-5-9-36(10-6-15)24(31)32/h1-5,7,13-14H,6,8-12H2,(H3,31,32)(H3,33,34)(H,35,38). The van der Waals surface area contributed by atoms with Crippen LogP contribution in [0.2, 0.25) is 0 Å². The van der Waals surface area contributed by atoms with Gasteiger partial charge in [-0.3, -0.25) is 15.6 Å². The zero-order valence-electron chi connectivity index (χ0n) is 20.3. The van der Waals surface area contributed by atoms with Gasteiger partial charge < -0.3 is 26.6 Å². The summed E-state index contributed by atoms with van der Waals surface area (Å²) in [7, 11) is 0. The van der Waals surface area contributed by atoms with E-state index in [1.54, 1.807) is 17.1 Å². The summed E-state index contributed by atoms with van der Waals surface area (Å²) < 4.78 is 56.6. The van der Waals surface area contributed by atoms with Gasteiger partial charge in [0.2, 0.25) is 0 Å². The molecule has 0 bridgehead atoms. The maximum absolute atomic E-state index is 14.8. The largest absolute Gasteiger partial charge is 0.417 e. The van der Waals surface area contributed by atoms with E-state index >= 15 is 0 Å². The SMILES string of the molecule is N=C(N)N1CC=C(c2ccc(NC(=O)c3ccc(C4=CCN(C(=N)N)CC4)c(C(F)(F)F)c3)cc2F)CC1. The van der Waals surface area contributed by atoms with Crippen LogP contribution in [0.25, 0.3) is 11.1 Å². The highest BCUT2D eigenvalue weighted by atomic mass is 19.4. The predicted molar refractivity (Wildman–Crippen MR) is 138 cm³/mol. The van der Waals surface area contributed by atoms with E-state index < -0.39 is 23.5 Å². The number of halogens is 4. The number of guanidine groups is 2. The van der Waals surface area contributed by atoms with Gasteiger partial charge in [-0.05, 0) is 59.9 Å². The van der Waals surface area contributed by atoms with Crippen molar-refractivity contribution < 1.29 is 22.4 Å². The maximum atomic E-state index is 14.8. The Morgan fingerprint density at radius 1 is 0.868 bits per heavy atom. The van der Waals surface area contributed by atoms with Crippen molar-refractivity contribution in [1.29, 1.82) is 10.8 Å². The Morgan fingerprint density at radius 3 is 1.89 bits per heavy atom. The molecule has 8 nitrogen and oxygen atoms in total. The Labute approximate surface area is 216 Å². The van der Waals surface area contributed by atoms with Gasteiger partial charge >= 0.3 is 6.18 Å². The van der Waals surface area contributed by atoms with Gasteiger partial charge in [-0.2, -0.15) is 13.2 Å². The number of nitrogens with one attached hydrogen (secondary N) is 3. The fraction of sp³-hybridized carbons (Fsp3) is 0.269. The van der Waals surface area contributed by atoms with Crippen LogP contribution in [0.4, 0.5) is 23.2 Å². The monoisotopic (exact) mass is 529 g/mol. The minimum absolute atomic E-state index is 0.0308. The summed E-state index contributed by atoms with van der Waals surface area (Å²) in [4.78, 5) is 16.0. The van der Waals surface area contributed by atoms with Crippen molar-refractivity contribution in [3.8, 4) is 0 Å². The number of hydrogen-bond acceptors (Lipinski definition) is 3. The number of nitrogens with two attached hydrogens (primary N) is 2. The van der Waals surface area contributed by atoms with Gasteiger partial charge in [0.25, 0.3) is 5.91 Å². The molecule has 0 saturated heterocycles. The Morgan fingerprint density at radius 2 is 1.42 bits per heavy atom. The molecule has 0 saturated carbocycles. The molecule has 2 aliphatic heterocycles. The fourth-order valence-corrected chi connectivity index (χ4v) is 4.52. The summed E-state index contributed by atoms with van der Waals surface area (Å²) >= 11 is 0. The lowest BCUT2D eigenvalue weighted by Gasteiger charge is -2.27. The van der Waals surface area contributed by atoms with Crippen LogP contribution in [0.3, 0.4) is 0 Å². The number of alkyl halides is 3. The van der Waals surface area contributed by atoms with Crippen LogP contribution in [-0.4, -0.2) is 53.8 Å². The van der Waals surface area contributed by atoms with Crippen molar-refractivity contribution in [3.63, 3.8) is 0 Å². The van der Waals surface area contributed by atoms with Gasteiger partial charge in [0.15, 0.2) is 11.9 Å². The number of anilines is 1. The fourth-order valence-electron chi connectivity index (χ4n) is 4.52. The molecule has 0 unspecified atom stereocenters. The summed E-state index contributed by atoms with van der Waals surface area (Å²) in [6, 6.07) is 7.47. The highest BCUT2D eigenvalue weighted by Crippen LogP contribution is 2.37. The summed E-state index contributed by atoms with van der Waals surface area (Å²) in [5, 5.41) is 17.4. The summed E-state index contributed by atoms with van der Waals surface area (Å²) in [5.41, 5.74) is 11.4. The van der Waals surface area contributed by atoms with Crippen molar-refractivity contribution in [1.82, 2.24) is 9.80 Å². The molecular formula is C26H27F4N7O. The lowest BCUT2D eigenvalue weighted by Crippen LogP contribution is -2.39. The molecule has 200 valence electrons. The van der Waals surface area contributed by atoms with Crippen molar-refractivity contribution in [2.45, 2.75) is 19.0 Å². The summed E-state index contributed by atoms with van der Waals surface area (Å²) in [6.07, 6.45) is -0.579. The molecule has 2 aromatic rings. The van der Waals surface area contributed by atoms with Crippen molar-refractivity contribution in [2.24, 2.45) is 11.5 Å². The smallest absolute Gasteiger partial charge is 0.370 e. The van der Waals surface area contributed by atoms with E-state index in [1.165, 1.54) is 29.2 Å². The molecule has 2 aromatic carbocycles. The molecule has 1 amide bonds. The lowest BCUT2D eigenvalue weighted by molar-refractivity contribution is -0.137. The first-order chi connectivity index (χ1) is 17.9. The highest BCUT2D eigenvalue weighted by molar-refractivity contribution is 6.04. The Hall–Kier alpha value is -4.35. The predicted octanol–water partition coefficient (Wildman–Crippen LogP) is 4.06. The second kappa shape index (κ2) is 10.6. The number of hydrogen-bond donors (Lipinski definition) is 5. The van der Waals surface area contributed by atoms with Crippen LogP contribution in [0, 0.1) is 16.6 Å². The zero-order valence-corrected chi connectivity index (χ0v) is 20.3. The summed E-state index contributed by atoms with van der Waals surface area (Å²) in [6.45, 7) is 1.39. The van der Waals surface area contributed by atoms with Gasteiger partial charge in [0, 0.05) is 43.0 Å². The first-order valence-electron chi connectivity index (χ1n) is 11.8. The second-order valence-electron chi connectivity index (χ2n) is 9.03. The van der Waals surface area contributed by atoms with Gasteiger partial charge in [0.05, 0.1) is 5.56 Å². The molecule has 12 heteroatoms. The second-order valence-corrected chi connectivity index (χ2v) is 9.03. The van der Waals surface area contributed by atoms with E-state index in [4.69, 9.17) is 22.3 Å². The van der Waals surface area contributed by atoms with Crippen molar-refractivity contribution in [3.05, 3.63) is 76.6 Å².